The van der Waals surface area contributed by atoms with Gasteiger partial charge in [0, 0.05) is 12.1 Å². The van der Waals surface area contributed by atoms with E-state index in [1.165, 1.54) is 23.1 Å². The molecule has 1 aromatic heterocycles. The molecule has 0 amide bonds. The lowest BCUT2D eigenvalue weighted by Crippen LogP contribution is -2.02. The lowest BCUT2D eigenvalue weighted by Gasteiger charge is -2.03. The van der Waals surface area contributed by atoms with Crippen LogP contribution >= 0.6 is 11.6 Å². The van der Waals surface area contributed by atoms with Crippen LogP contribution in [0.4, 0.5) is 5.69 Å². The number of rotatable bonds is 2. The number of halogens is 1. The monoisotopic (exact) mass is 238 g/mol. The molecule has 0 N–H and O–H groups in total. The van der Waals surface area contributed by atoms with Gasteiger partial charge in [-0.3, -0.25) is 10.1 Å². The average Bonchev–Trinajstić information content (AvgIpc) is 2.65. The van der Waals surface area contributed by atoms with Gasteiger partial charge < -0.3 is 0 Å². The van der Waals surface area contributed by atoms with Crippen molar-refractivity contribution in [3.05, 3.63) is 45.2 Å². The number of hydrogen-bond acceptors (Lipinski definition) is 4. The van der Waals surface area contributed by atoms with E-state index in [1.807, 2.05) is 6.92 Å². The van der Waals surface area contributed by atoms with Gasteiger partial charge in [-0.15, -0.1) is 9.90 Å². The molecule has 82 valence electrons. The van der Waals surface area contributed by atoms with Crippen LogP contribution in [0.25, 0.3) is 5.69 Å². The van der Waals surface area contributed by atoms with Gasteiger partial charge in [0.2, 0.25) is 0 Å². The minimum absolute atomic E-state index is 0.00553. The molecule has 0 saturated heterocycles. The minimum Gasteiger partial charge on any atom is -0.258 e. The van der Waals surface area contributed by atoms with Crippen LogP contribution in [0.1, 0.15) is 5.56 Å². The second kappa shape index (κ2) is 3.90. The van der Waals surface area contributed by atoms with Crippen molar-refractivity contribution in [2.45, 2.75) is 6.92 Å². The van der Waals surface area contributed by atoms with Crippen molar-refractivity contribution in [2.24, 2.45) is 0 Å². The maximum atomic E-state index is 10.6. The molecule has 0 aliphatic carbocycles. The van der Waals surface area contributed by atoms with Crippen LogP contribution in [-0.2, 0) is 0 Å². The summed E-state index contributed by atoms with van der Waals surface area (Å²) in [5.41, 5.74) is 1.37. The van der Waals surface area contributed by atoms with Gasteiger partial charge in [0.15, 0.2) is 5.15 Å². The summed E-state index contributed by atoms with van der Waals surface area (Å²) < 4.78 is 0. The summed E-state index contributed by atoms with van der Waals surface area (Å²) in [6.45, 7) is 1.82. The summed E-state index contributed by atoms with van der Waals surface area (Å²) in [5, 5.41) is 18.7. The molecule has 0 spiro atoms. The molecule has 0 unspecified atom stereocenters. The molecule has 6 nitrogen and oxygen atoms in total. The third-order valence-corrected chi connectivity index (χ3v) is 2.26. The van der Waals surface area contributed by atoms with Crippen molar-refractivity contribution < 1.29 is 4.92 Å². The lowest BCUT2D eigenvalue weighted by atomic mass is 10.2. The van der Waals surface area contributed by atoms with Crippen LogP contribution in [0.3, 0.4) is 0 Å². The number of nitro groups is 1. The summed E-state index contributed by atoms with van der Waals surface area (Å²) >= 11 is 5.64. The van der Waals surface area contributed by atoms with E-state index >= 15 is 0 Å². The van der Waals surface area contributed by atoms with E-state index in [0.29, 0.717) is 5.69 Å². The summed E-state index contributed by atoms with van der Waals surface area (Å²) in [7, 11) is 0. The van der Waals surface area contributed by atoms with E-state index in [-0.39, 0.29) is 10.8 Å². The second-order valence-electron chi connectivity index (χ2n) is 3.18. The molecule has 0 radical (unpaired) electrons. The quantitative estimate of drug-likeness (QED) is 0.593. The van der Waals surface area contributed by atoms with Crippen molar-refractivity contribution >= 4 is 17.3 Å². The predicted octanol–water partition coefficient (Wildman–Crippen LogP) is 2.14. The first-order valence-electron chi connectivity index (χ1n) is 4.41. The molecule has 1 aromatic carbocycles. The summed E-state index contributed by atoms with van der Waals surface area (Å²) in [5.74, 6) is 0. The first kappa shape index (κ1) is 10.6. The topological polar surface area (TPSA) is 73.8 Å². The Morgan fingerprint density at radius 3 is 2.81 bits per heavy atom. The zero-order chi connectivity index (χ0) is 11.7. The maximum Gasteiger partial charge on any atom is 0.271 e. The van der Waals surface area contributed by atoms with Crippen LogP contribution in [-0.4, -0.2) is 19.9 Å². The highest BCUT2D eigenvalue weighted by Crippen LogP contribution is 2.20. The number of aryl methyl sites for hydroxylation is 1. The summed E-state index contributed by atoms with van der Waals surface area (Å²) in [4.78, 5) is 11.4. The predicted molar refractivity (Wildman–Crippen MR) is 57.8 cm³/mol. The van der Waals surface area contributed by atoms with E-state index < -0.39 is 4.92 Å². The fourth-order valence-electron chi connectivity index (χ4n) is 1.29. The van der Waals surface area contributed by atoms with Gasteiger partial charge >= 0.3 is 0 Å². The Bertz CT molecular complexity index is 552. The van der Waals surface area contributed by atoms with Gasteiger partial charge in [-0.2, -0.15) is 5.10 Å². The third-order valence-electron chi connectivity index (χ3n) is 2.08. The standard InChI is InChI=1S/C9H7ClN4O2/c1-6-2-3-7(14(15)16)4-8(6)13-11-5-9(10)12-13/h2-5H,1H3. The van der Waals surface area contributed by atoms with Gasteiger partial charge in [0.25, 0.3) is 5.69 Å². The van der Waals surface area contributed by atoms with Crippen LogP contribution in [0.2, 0.25) is 5.15 Å². The molecule has 16 heavy (non-hydrogen) atoms. The van der Waals surface area contributed by atoms with E-state index in [1.54, 1.807) is 6.07 Å². The summed E-state index contributed by atoms with van der Waals surface area (Å²) in [6, 6.07) is 4.49. The number of hydrogen-bond donors (Lipinski definition) is 0. The lowest BCUT2D eigenvalue weighted by molar-refractivity contribution is -0.384. The Balaban J connectivity index is 2.55. The maximum absolute atomic E-state index is 10.6. The number of non-ortho nitro benzene ring substituents is 1. The molecule has 0 saturated carbocycles. The third kappa shape index (κ3) is 1.87. The van der Waals surface area contributed by atoms with E-state index in [2.05, 4.69) is 10.2 Å². The SMILES string of the molecule is Cc1ccc([N+](=O)[O-])cc1-n1ncc(Cl)n1. The molecule has 0 aliphatic heterocycles. The first-order chi connectivity index (χ1) is 7.58. The molecule has 0 bridgehead atoms. The van der Waals surface area contributed by atoms with Gasteiger partial charge in [0.05, 0.1) is 16.8 Å². The Kier molecular flexibility index (Phi) is 2.57. The number of benzene rings is 1. The van der Waals surface area contributed by atoms with Gasteiger partial charge in [-0.1, -0.05) is 17.7 Å². The van der Waals surface area contributed by atoms with Gasteiger partial charge in [0.1, 0.15) is 0 Å². The summed E-state index contributed by atoms with van der Waals surface area (Å²) in [6.07, 6.45) is 1.37. The van der Waals surface area contributed by atoms with Crippen molar-refractivity contribution in [1.29, 1.82) is 0 Å². The number of nitro benzene ring substituents is 1. The van der Waals surface area contributed by atoms with Gasteiger partial charge in [-0.05, 0) is 12.5 Å². The molecular weight excluding hydrogens is 232 g/mol. The fourth-order valence-corrected chi connectivity index (χ4v) is 1.40. The largest absolute Gasteiger partial charge is 0.271 e. The Labute approximate surface area is 95.6 Å². The first-order valence-corrected chi connectivity index (χ1v) is 4.79. The normalized spacial score (nSPS) is 10.4. The Morgan fingerprint density at radius 2 is 2.25 bits per heavy atom. The average molecular weight is 239 g/mol. The molecule has 0 fully saturated rings. The zero-order valence-electron chi connectivity index (χ0n) is 8.29. The highest BCUT2D eigenvalue weighted by molar-refractivity contribution is 6.29. The van der Waals surface area contributed by atoms with E-state index in [0.717, 1.165) is 5.56 Å². The molecule has 0 atom stereocenters. The fraction of sp³-hybridized carbons (Fsp3) is 0.111. The van der Waals surface area contributed by atoms with Gasteiger partial charge in [-0.25, -0.2) is 0 Å². The van der Waals surface area contributed by atoms with Crippen LogP contribution in [0.5, 0.6) is 0 Å². The van der Waals surface area contributed by atoms with Crippen molar-refractivity contribution in [3.8, 4) is 5.69 Å². The van der Waals surface area contributed by atoms with Crippen molar-refractivity contribution in [1.82, 2.24) is 15.0 Å². The Morgan fingerprint density at radius 1 is 1.50 bits per heavy atom. The zero-order valence-corrected chi connectivity index (χ0v) is 9.05. The molecule has 1 heterocycles. The highest BCUT2D eigenvalue weighted by Gasteiger charge is 2.11. The number of aromatic nitrogens is 3. The smallest absolute Gasteiger partial charge is 0.258 e. The van der Waals surface area contributed by atoms with Crippen LogP contribution in [0.15, 0.2) is 24.4 Å². The van der Waals surface area contributed by atoms with Crippen LogP contribution < -0.4 is 0 Å². The van der Waals surface area contributed by atoms with Crippen molar-refractivity contribution in [3.63, 3.8) is 0 Å². The van der Waals surface area contributed by atoms with Crippen LogP contribution in [0, 0.1) is 17.0 Å². The molecule has 7 heteroatoms. The highest BCUT2D eigenvalue weighted by atomic mass is 35.5. The molecule has 0 aliphatic rings. The molecular formula is C9H7ClN4O2. The van der Waals surface area contributed by atoms with E-state index in [9.17, 15) is 10.1 Å². The molecule has 2 rings (SSSR count). The minimum atomic E-state index is -0.464. The Hall–Kier alpha value is -1.95. The second-order valence-corrected chi connectivity index (χ2v) is 3.57. The number of nitrogens with zero attached hydrogens (tertiary/aromatic N) is 4. The van der Waals surface area contributed by atoms with E-state index in [4.69, 9.17) is 11.6 Å². The van der Waals surface area contributed by atoms with Crippen molar-refractivity contribution in [2.75, 3.05) is 0 Å². The molecule has 2 aromatic rings.